The predicted molar refractivity (Wildman–Crippen MR) is 100 cm³/mol. The van der Waals surface area contributed by atoms with E-state index in [1.165, 1.54) is 13.6 Å². The molecular weight excluding hydrogens is 388 g/mol. The quantitative estimate of drug-likeness (QED) is 0.840. The molecule has 2 aromatic rings. The van der Waals surface area contributed by atoms with Gasteiger partial charge < -0.3 is 14.5 Å². The normalized spacial score (nSPS) is 15.5. The lowest BCUT2D eigenvalue weighted by molar-refractivity contribution is -0.917. The van der Waals surface area contributed by atoms with Crippen LogP contribution in [-0.2, 0) is 6.54 Å². The van der Waals surface area contributed by atoms with Gasteiger partial charge in [0.1, 0.15) is 12.3 Å². The van der Waals surface area contributed by atoms with Gasteiger partial charge in [0, 0.05) is 5.56 Å². The maximum atomic E-state index is 12.7. The lowest BCUT2D eigenvalue weighted by atomic mass is 10.1. The predicted octanol–water partition coefficient (Wildman–Crippen LogP) is 2.37. The summed E-state index contributed by atoms with van der Waals surface area (Å²) < 4.78 is 6.51. The van der Waals surface area contributed by atoms with Gasteiger partial charge in [-0.1, -0.05) is 6.07 Å². The second-order valence-electron chi connectivity index (χ2n) is 6.11. The van der Waals surface area contributed by atoms with Gasteiger partial charge in [0.2, 0.25) is 0 Å². The Hall–Kier alpha value is -1.37. The molecule has 0 saturated carbocycles. The van der Waals surface area contributed by atoms with Gasteiger partial charge >= 0.3 is 0 Å². The average Bonchev–Trinajstić information content (AvgIpc) is 3.00. The number of aryl methyl sites for hydroxylation is 1. The molecule has 1 fully saturated rings. The minimum absolute atomic E-state index is 0.103. The molecule has 6 heteroatoms. The lowest BCUT2D eigenvalue weighted by Gasteiger charge is -2.32. The molecule has 0 radical (unpaired) electrons. The second kappa shape index (κ2) is 7.68. The van der Waals surface area contributed by atoms with Gasteiger partial charge in [0.25, 0.3) is 5.91 Å². The summed E-state index contributed by atoms with van der Waals surface area (Å²) in [5.41, 5.74) is 1.76. The van der Waals surface area contributed by atoms with E-state index in [9.17, 15) is 4.79 Å². The van der Waals surface area contributed by atoms with Gasteiger partial charge in [-0.2, -0.15) is 0 Å². The molecule has 1 amide bonds. The van der Waals surface area contributed by atoms with Gasteiger partial charge in [0.05, 0.1) is 42.0 Å². The van der Waals surface area contributed by atoms with Crippen molar-refractivity contribution in [2.75, 3.05) is 33.3 Å². The number of benzene rings is 1. The summed E-state index contributed by atoms with van der Waals surface area (Å²) in [4.78, 5) is 17.6. The van der Waals surface area contributed by atoms with E-state index < -0.39 is 0 Å². The van der Waals surface area contributed by atoms with E-state index in [4.69, 9.17) is 4.74 Å². The Bertz CT molecular complexity index is 724. The number of quaternary nitrogens is 1. The van der Waals surface area contributed by atoms with E-state index in [0.717, 1.165) is 44.0 Å². The van der Waals surface area contributed by atoms with Crippen LogP contribution in [0.1, 0.15) is 20.8 Å². The Morgan fingerprint density at radius 1 is 1.29 bits per heavy atom. The zero-order chi connectivity index (χ0) is 17.1. The van der Waals surface area contributed by atoms with Gasteiger partial charge in [-0.25, -0.2) is 0 Å². The number of hydrogen-bond donors (Lipinski definition) is 1. The van der Waals surface area contributed by atoms with Crippen molar-refractivity contribution in [3.8, 4) is 5.75 Å². The highest BCUT2D eigenvalue weighted by atomic mass is 79.9. The molecule has 2 heterocycles. The summed E-state index contributed by atoms with van der Waals surface area (Å²) in [5, 5.41) is 0. The smallest absolute Gasteiger partial charge is 0.254 e. The molecule has 1 saturated heterocycles. The Morgan fingerprint density at radius 2 is 2.04 bits per heavy atom. The number of rotatable bonds is 4. The van der Waals surface area contributed by atoms with Crippen LogP contribution in [0.5, 0.6) is 5.75 Å². The molecule has 1 aliphatic rings. The Morgan fingerprint density at radius 3 is 2.67 bits per heavy atom. The van der Waals surface area contributed by atoms with Crippen LogP contribution in [0.4, 0.5) is 0 Å². The highest BCUT2D eigenvalue weighted by molar-refractivity contribution is 9.11. The summed E-state index contributed by atoms with van der Waals surface area (Å²) in [5.74, 6) is 0.875. The van der Waals surface area contributed by atoms with Crippen LogP contribution in [0, 0.1) is 6.92 Å². The first-order valence-corrected chi connectivity index (χ1v) is 9.69. The summed E-state index contributed by atoms with van der Waals surface area (Å²) in [6.45, 7) is 6.61. The highest BCUT2D eigenvalue weighted by Gasteiger charge is 2.25. The zero-order valence-corrected chi connectivity index (χ0v) is 16.4. The van der Waals surface area contributed by atoms with Crippen LogP contribution in [-0.4, -0.2) is 44.1 Å². The number of thiophene rings is 1. The number of ether oxygens (including phenoxy) is 1. The average molecular weight is 410 g/mol. The molecule has 1 aromatic heterocycles. The number of nitrogens with zero attached hydrogens (tertiary/aromatic N) is 1. The first kappa shape index (κ1) is 17.5. The van der Waals surface area contributed by atoms with E-state index in [1.54, 1.807) is 18.4 Å². The Balaban J connectivity index is 1.58. The van der Waals surface area contributed by atoms with Crippen LogP contribution >= 0.6 is 27.3 Å². The van der Waals surface area contributed by atoms with Crippen molar-refractivity contribution < 1.29 is 14.4 Å². The van der Waals surface area contributed by atoms with E-state index in [1.807, 2.05) is 30.0 Å². The first-order chi connectivity index (χ1) is 11.6. The molecule has 24 heavy (non-hydrogen) atoms. The Kier molecular flexibility index (Phi) is 5.58. The van der Waals surface area contributed by atoms with Crippen LogP contribution in [0.3, 0.4) is 0 Å². The number of nitrogens with one attached hydrogen (secondary N) is 1. The standard InChI is InChI=1S/C18H21BrN2O2S/c1-13-3-4-14(11-16(13)23-2)18(22)21-9-7-20(8-10-21)12-15-5-6-17(19)24-15/h3-6,11H,7-10,12H2,1-2H3/p+1. The van der Waals surface area contributed by atoms with E-state index in [0.29, 0.717) is 5.56 Å². The molecule has 128 valence electrons. The molecule has 1 aliphatic heterocycles. The first-order valence-electron chi connectivity index (χ1n) is 8.08. The van der Waals surface area contributed by atoms with Crippen molar-refractivity contribution in [3.05, 3.63) is 50.1 Å². The summed E-state index contributed by atoms with van der Waals surface area (Å²) >= 11 is 5.31. The topological polar surface area (TPSA) is 34.0 Å². The van der Waals surface area contributed by atoms with E-state index in [-0.39, 0.29) is 5.91 Å². The number of amides is 1. The fraction of sp³-hybridized carbons (Fsp3) is 0.389. The fourth-order valence-corrected chi connectivity index (χ4v) is 4.59. The third-order valence-corrected chi connectivity index (χ3v) is 6.09. The van der Waals surface area contributed by atoms with Crippen LogP contribution in [0.2, 0.25) is 0 Å². The molecule has 0 spiro atoms. The van der Waals surface area contributed by atoms with E-state index in [2.05, 4.69) is 28.1 Å². The molecule has 4 nitrogen and oxygen atoms in total. The number of carbonyl (C=O) groups is 1. The maximum Gasteiger partial charge on any atom is 0.254 e. The molecule has 0 aliphatic carbocycles. The number of halogens is 1. The molecule has 1 aromatic carbocycles. The summed E-state index contributed by atoms with van der Waals surface area (Å²) in [7, 11) is 1.64. The monoisotopic (exact) mass is 409 g/mol. The van der Waals surface area contributed by atoms with Gasteiger partial charge in [-0.05, 0) is 52.7 Å². The molecule has 0 bridgehead atoms. The summed E-state index contributed by atoms with van der Waals surface area (Å²) in [6.07, 6.45) is 0. The minimum atomic E-state index is 0.103. The molecule has 0 atom stereocenters. The molecule has 1 N–H and O–H groups in total. The largest absolute Gasteiger partial charge is 0.496 e. The van der Waals surface area contributed by atoms with Crippen molar-refractivity contribution in [1.29, 1.82) is 0 Å². The van der Waals surface area contributed by atoms with Crippen LogP contribution in [0.15, 0.2) is 34.1 Å². The Labute approximate surface area is 155 Å². The van der Waals surface area contributed by atoms with Crippen molar-refractivity contribution in [3.63, 3.8) is 0 Å². The molecular formula is C18H22BrN2O2S+. The zero-order valence-electron chi connectivity index (χ0n) is 14.0. The highest BCUT2D eigenvalue weighted by Crippen LogP contribution is 2.22. The van der Waals surface area contributed by atoms with Gasteiger partial charge in [0.15, 0.2) is 0 Å². The second-order valence-corrected chi connectivity index (χ2v) is 8.66. The third-order valence-electron chi connectivity index (χ3n) is 4.47. The number of methoxy groups -OCH3 is 1. The fourth-order valence-electron chi connectivity index (χ4n) is 3.03. The van der Waals surface area contributed by atoms with E-state index >= 15 is 0 Å². The summed E-state index contributed by atoms with van der Waals surface area (Å²) in [6, 6.07) is 9.97. The van der Waals surface area contributed by atoms with Crippen molar-refractivity contribution >= 4 is 33.2 Å². The van der Waals surface area contributed by atoms with Gasteiger partial charge in [-0.15, -0.1) is 11.3 Å². The SMILES string of the molecule is COc1cc(C(=O)N2CC[NH+](Cc3ccc(Br)s3)CC2)ccc1C. The van der Waals surface area contributed by atoms with Crippen molar-refractivity contribution in [1.82, 2.24) is 4.90 Å². The minimum Gasteiger partial charge on any atom is -0.496 e. The maximum absolute atomic E-state index is 12.7. The molecule has 0 unspecified atom stereocenters. The number of piperazine rings is 1. The third kappa shape index (κ3) is 3.99. The molecule has 3 rings (SSSR count). The van der Waals surface area contributed by atoms with Crippen molar-refractivity contribution in [2.45, 2.75) is 13.5 Å². The number of carbonyl (C=O) groups excluding carboxylic acids is 1. The lowest BCUT2D eigenvalue weighted by Crippen LogP contribution is -3.13. The van der Waals surface area contributed by atoms with Crippen LogP contribution in [0.25, 0.3) is 0 Å². The van der Waals surface area contributed by atoms with Gasteiger partial charge in [-0.3, -0.25) is 4.79 Å². The van der Waals surface area contributed by atoms with Crippen LogP contribution < -0.4 is 9.64 Å². The number of hydrogen-bond acceptors (Lipinski definition) is 3. The van der Waals surface area contributed by atoms with Crippen molar-refractivity contribution in [2.24, 2.45) is 0 Å².